The van der Waals surface area contributed by atoms with Crippen LogP contribution in [0.4, 0.5) is 0 Å². The predicted molar refractivity (Wildman–Crippen MR) is 76.7 cm³/mol. The zero-order chi connectivity index (χ0) is 13.7. The smallest absolute Gasteiger partial charge is 0.323 e. The highest BCUT2D eigenvalue weighted by atomic mass is 32.2. The summed E-state index contributed by atoms with van der Waals surface area (Å²) < 4.78 is 4.93. The molecular formula is C12H19N3O2S2. The molecular weight excluding hydrogens is 282 g/mol. The number of carboxylic acid groups (broad SMARTS) is 1. The minimum atomic E-state index is -0.769. The number of carboxylic acids is 1. The van der Waals surface area contributed by atoms with Crippen molar-refractivity contribution in [3.63, 3.8) is 0 Å². The van der Waals surface area contributed by atoms with Gasteiger partial charge in [-0.1, -0.05) is 18.2 Å². The van der Waals surface area contributed by atoms with Crippen molar-refractivity contribution in [1.29, 1.82) is 0 Å². The number of aromatic nitrogens is 2. The van der Waals surface area contributed by atoms with Crippen molar-refractivity contribution in [3.8, 4) is 0 Å². The molecule has 2 N–H and O–H groups in total. The van der Waals surface area contributed by atoms with E-state index in [9.17, 15) is 9.90 Å². The third kappa shape index (κ3) is 4.74. The van der Waals surface area contributed by atoms with Crippen LogP contribution in [0.15, 0.2) is 10.7 Å². The molecule has 0 aromatic carbocycles. The minimum Gasteiger partial charge on any atom is -0.480 e. The quantitative estimate of drug-likeness (QED) is 0.539. The van der Waals surface area contributed by atoms with E-state index in [0.717, 1.165) is 35.8 Å². The number of unbranched alkanes of at least 4 members (excludes halogenated alkanes) is 1. The molecule has 1 unspecified atom stereocenters. The van der Waals surface area contributed by atoms with Crippen molar-refractivity contribution in [2.75, 3.05) is 5.75 Å². The molecule has 1 atom stereocenters. The standard InChI is InChI=1S/C12H19N3O2S2/c1-12(10(16)17,15-9-4-5-9)6-2-3-7-18-11-13-8-14-19-11/h8-9,15H,2-7H2,1H3,(H,16,17). The van der Waals surface area contributed by atoms with Crippen LogP contribution in [-0.4, -0.2) is 37.8 Å². The van der Waals surface area contributed by atoms with Crippen LogP contribution in [0.2, 0.25) is 0 Å². The summed E-state index contributed by atoms with van der Waals surface area (Å²) in [5, 5.41) is 12.6. The average molecular weight is 301 g/mol. The van der Waals surface area contributed by atoms with E-state index in [1.165, 1.54) is 11.5 Å². The van der Waals surface area contributed by atoms with Gasteiger partial charge in [-0.05, 0) is 44.1 Å². The minimum absolute atomic E-state index is 0.414. The van der Waals surface area contributed by atoms with Crippen LogP contribution >= 0.6 is 23.3 Å². The summed E-state index contributed by atoms with van der Waals surface area (Å²) in [6.45, 7) is 1.80. The van der Waals surface area contributed by atoms with Crippen LogP contribution in [0.5, 0.6) is 0 Å². The lowest BCUT2D eigenvalue weighted by atomic mass is 9.95. The number of nitrogens with one attached hydrogen (secondary N) is 1. The summed E-state index contributed by atoms with van der Waals surface area (Å²) in [6, 6.07) is 0.414. The zero-order valence-corrected chi connectivity index (χ0v) is 12.6. The third-order valence-electron chi connectivity index (χ3n) is 3.21. The molecule has 2 rings (SSSR count). The zero-order valence-electron chi connectivity index (χ0n) is 11.0. The van der Waals surface area contributed by atoms with Crippen LogP contribution in [0, 0.1) is 0 Å². The Labute approximate surface area is 121 Å². The molecule has 0 spiro atoms. The van der Waals surface area contributed by atoms with Crippen LogP contribution in [0.1, 0.15) is 39.0 Å². The van der Waals surface area contributed by atoms with E-state index in [0.29, 0.717) is 12.5 Å². The lowest BCUT2D eigenvalue weighted by Crippen LogP contribution is -2.50. The van der Waals surface area contributed by atoms with Crippen molar-refractivity contribution in [2.45, 2.75) is 54.9 Å². The summed E-state index contributed by atoms with van der Waals surface area (Å²) >= 11 is 3.09. The first kappa shape index (κ1) is 14.7. The van der Waals surface area contributed by atoms with Crippen LogP contribution < -0.4 is 5.32 Å². The van der Waals surface area contributed by atoms with Gasteiger partial charge in [0.25, 0.3) is 0 Å². The molecule has 0 amide bonds. The van der Waals surface area contributed by atoms with E-state index >= 15 is 0 Å². The topological polar surface area (TPSA) is 75.1 Å². The molecule has 19 heavy (non-hydrogen) atoms. The molecule has 0 radical (unpaired) electrons. The Bertz CT molecular complexity index is 409. The Hall–Kier alpha value is -0.660. The van der Waals surface area contributed by atoms with Gasteiger partial charge in [-0.25, -0.2) is 4.98 Å². The number of carbonyl (C=O) groups is 1. The largest absolute Gasteiger partial charge is 0.480 e. The van der Waals surface area contributed by atoms with Crippen molar-refractivity contribution in [3.05, 3.63) is 6.33 Å². The molecule has 1 aliphatic rings. The van der Waals surface area contributed by atoms with Crippen LogP contribution in [0.3, 0.4) is 0 Å². The first-order valence-electron chi connectivity index (χ1n) is 6.51. The lowest BCUT2D eigenvalue weighted by Gasteiger charge is -2.26. The highest BCUT2D eigenvalue weighted by Crippen LogP contribution is 2.26. The van der Waals surface area contributed by atoms with Crippen molar-refractivity contribution in [1.82, 2.24) is 14.7 Å². The third-order valence-corrected chi connectivity index (χ3v) is 5.09. The molecule has 5 nitrogen and oxygen atoms in total. The maximum absolute atomic E-state index is 11.4. The normalized spacial score (nSPS) is 18.2. The fourth-order valence-electron chi connectivity index (χ4n) is 1.89. The molecule has 0 bridgehead atoms. The summed E-state index contributed by atoms with van der Waals surface area (Å²) in [6.07, 6.45) is 6.36. The summed E-state index contributed by atoms with van der Waals surface area (Å²) in [5.41, 5.74) is -0.769. The lowest BCUT2D eigenvalue weighted by molar-refractivity contribution is -0.144. The van der Waals surface area contributed by atoms with Gasteiger partial charge in [0.1, 0.15) is 11.9 Å². The van der Waals surface area contributed by atoms with Gasteiger partial charge in [0.15, 0.2) is 4.34 Å². The number of hydrogen-bond acceptors (Lipinski definition) is 6. The van der Waals surface area contributed by atoms with Gasteiger partial charge < -0.3 is 5.11 Å². The number of hydrogen-bond donors (Lipinski definition) is 2. The maximum atomic E-state index is 11.4. The van der Waals surface area contributed by atoms with Gasteiger partial charge in [-0.3, -0.25) is 10.1 Å². The van der Waals surface area contributed by atoms with E-state index in [1.54, 1.807) is 25.0 Å². The Balaban J connectivity index is 1.65. The van der Waals surface area contributed by atoms with Gasteiger partial charge >= 0.3 is 5.97 Å². The maximum Gasteiger partial charge on any atom is 0.323 e. The fraction of sp³-hybridized carbons (Fsp3) is 0.750. The summed E-state index contributed by atoms with van der Waals surface area (Å²) in [4.78, 5) is 15.5. The van der Waals surface area contributed by atoms with Crippen LogP contribution in [-0.2, 0) is 4.79 Å². The summed E-state index contributed by atoms with van der Waals surface area (Å²) in [7, 11) is 0. The fourth-order valence-corrected chi connectivity index (χ4v) is 3.40. The van der Waals surface area contributed by atoms with E-state index in [-0.39, 0.29) is 0 Å². The Morgan fingerprint density at radius 1 is 1.63 bits per heavy atom. The second-order valence-electron chi connectivity index (χ2n) is 5.07. The van der Waals surface area contributed by atoms with E-state index < -0.39 is 11.5 Å². The molecule has 1 heterocycles. The van der Waals surface area contributed by atoms with Gasteiger partial charge in [0.2, 0.25) is 0 Å². The first-order valence-corrected chi connectivity index (χ1v) is 8.26. The van der Waals surface area contributed by atoms with Gasteiger partial charge in [0, 0.05) is 11.8 Å². The SMILES string of the molecule is CC(CCCCSc1ncns1)(NC1CC1)C(=O)O. The predicted octanol–water partition coefficient (Wildman–Crippen LogP) is 2.40. The molecule has 1 fully saturated rings. The average Bonchev–Trinajstić information content (AvgIpc) is 3.02. The van der Waals surface area contributed by atoms with Gasteiger partial charge in [-0.2, -0.15) is 4.37 Å². The second-order valence-corrected chi connectivity index (χ2v) is 7.19. The van der Waals surface area contributed by atoms with E-state index in [4.69, 9.17) is 0 Å². The first-order chi connectivity index (χ1) is 9.10. The molecule has 1 aliphatic carbocycles. The molecule has 7 heteroatoms. The monoisotopic (exact) mass is 301 g/mol. The van der Waals surface area contributed by atoms with Crippen molar-refractivity contribution >= 4 is 29.3 Å². The Morgan fingerprint density at radius 3 is 3.00 bits per heavy atom. The highest BCUT2D eigenvalue weighted by Gasteiger charge is 2.37. The summed E-state index contributed by atoms with van der Waals surface area (Å²) in [5.74, 6) is 0.227. The number of nitrogens with zero attached hydrogens (tertiary/aromatic N) is 2. The Kier molecular flexibility index (Phi) is 5.18. The van der Waals surface area contributed by atoms with E-state index in [1.807, 2.05) is 0 Å². The number of aliphatic carboxylic acids is 1. The van der Waals surface area contributed by atoms with Crippen molar-refractivity contribution < 1.29 is 9.90 Å². The molecule has 106 valence electrons. The molecule has 0 saturated heterocycles. The number of thioether (sulfide) groups is 1. The van der Waals surface area contributed by atoms with Crippen molar-refractivity contribution in [2.24, 2.45) is 0 Å². The van der Waals surface area contributed by atoms with Gasteiger partial charge in [-0.15, -0.1) is 0 Å². The van der Waals surface area contributed by atoms with Gasteiger partial charge in [0.05, 0.1) is 0 Å². The highest BCUT2D eigenvalue weighted by molar-refractivity contribution is 8.00. The van der Waals surface area contributed by atoms with E-state index in [2.05, 4.69) is 14.7 Å². The molecule has 1 aromatic heterocycles. The molecule has 1 aromatic rings. The van der Waals surface area contributed by atoms with Crippen LogP contribution in [0.25, 0.3) is 0 Å². The number of rotatable bonds is 9. The molecule has 1 saturated carbocycles. The second kappa shape index (κ2) is 6.67. The Morgan fingerprint density at radius 2 is 2.42 bits per heavy atom. The molecule has 0 aliphatic heterocycles.